The van der Waals surface area contributed by atoms with Crippen molar-refractivity contribution < 1.29 is 28.5 Å². The monoisotopic (exact) mass is 436 g/mol. The van der Waals surface area contributed by atoms with Crippen molar-refractivity contribution in [2.45, 2.75) is 0 Å². The summed E-state index contributed by atoms with van der Waals surface area (Å²) < 4.78 is 21.0. The van der Waals surface area contributed by atoms with E-state index in [0.717, 1.165) is 0 Å². The first-order chi connectivity index (χ1) is 15.5. The molecule has 0 unspecified atom stereocenters. The second kappa shape index (κ2) is 10.2. The highest BCUT2D eigenvalue weighted by atomic mass is 16.5. The number of benzene rings is 3. The molecule has 32 heavy (non-hydrogen) atoms. The van der Waals surface area contributed by atoms with Gasteiger partial charge in [-0.3, -0.25) is 9.59 Å². The topological polar surface area (TPSA) is 95.1 Å². The first-order valence-electron chi connectivity index (χ1n) is 9.66. The molecule has 0 aliphatic carbocycles. The predicted octanol–water partition coefficient (Wildman–Crippen LogP) is 4.23. The van der Waals surface area contributed by atoms with Crippen molar-refractivity contribution in [1.82, 2.24) is 0 Å². The number of carbonyl (C=O) groups excluding carboxylic acids is 2. The summed E-state index contributed by atoms with van der Waals surface area (Å²) >= 11 is 0. The number of amides is 2. The summed E-state index contributed by atoms with van der Waals surface area (Å²) in [6, 6.07) is 16.7. The summed E-state index contributed by atoms with van der Waals surface area (Å²) in [5.41, 5.74) is 2.00. The van der Waals surface area contributed by atoms with Crippen LogP contribution in [0.1, 0.15) is 20.7 Å². The van der Waals surface area contributed by atoms with Gasteiger partial charge in [0.25, 0.3) is 11.8 Å². The van der Waals surface area contributed by atoms with E-state index in [1.165, 1.54) is 21.3 Å². The number of hydrogen-bond donors (Lipinski definition) is 2. The Hall–Kier alpha value is -4.20. The third kappa shape index (κ3) is 5.10. The smallest absolute Gasteiger partial charge is 0.255 e. The van der Waals surface area contributed by atoms with Gasteiger partial charge in [-0.25, -0.2) is 0 Å². The fourth-order valence-corrected chi connectivity index (χ4v) is 3.00. The molecule has 0 fully saturated rings. The van der Waals surface area contributed by atoms with Crippen LogP contribution in [0.3, 0.4) is 0 Å². The second-order valence-electron chi connectivity index (χ2n) is 6.63. The Labute approximate surface area is 186 Å². The molecule has 0 aliphatic heterocycles. The summed E-state index contributed by atoms with van der Waals surface area (Å²) in [5, 5.41) is 5.62. The van der Waals surface area contributed by atoms with Gasteiger partial charge in [-0.15, -0.1) is 0 Å². The van der Waals surface area contributed by atoms with Crippen molar-refractivity contribution in [3.05, 3.63) is 71.8 Å². The third-order valence-electron chi connectivity index (χ3n) is 4.68. The normalized spacial score (nSPS) is 10.1. The SMILES string of the molecule is COc1ccc(C(=O)Nc2ccc(NC(=O)c3cc(OC)c(OC)c(OC)c3)cc2)cc1. The molecule has 8 heteroatoms. The van der Waals surface area contributed by atoms with Crippen molar-refractivity contribution in [3.63, 3.8) is 0 Å². The number of hydrogen-bond acceptors (Lipinski definition) is 6. The number of carbonyl (C=O) groups is 2. The minimum Gasteiger partial charge on any atom is -0.497 e. The zero-order chi connectivity index (χ0) is 23.1. The molecule has 0 radical (unpaired) electrons. The van der Waals surface area contributed by atoms with Crippen LogP contribution in [0.15, 0.2) is 60.7 Å². The largest absolute Gasteiger partial charge is 0.497 e. The van der Waals surface area contributed by atoms with E-state index >= 15 is 0 Å². The number of ether oxygens (including phenoxy) is 4. The van der Waals surface area contributed by atoms with Gasteiger partial charge in [-0.05, 0) is 60.7 Å². The van der Waals surface area contributed by atoms with E-state index in [4.69, 9.17) is 18.9 Å². The standard InChI is InChI=1S/C24H24N2O6/c1-29-19-11-5-15(6-12-19)23(27)25-17-7-9-18(10-8-17)26-24(28)16-13-20(30-2)22(32-4)21(14-16)31-3/h5-14H,1-4H3,(H,25,27)(H,26,28). The zero-order valence-corrected chi connectivity index (χ0v) is 18.2. The van der Waals surface area contributed by atoms with Gasteiger partial charge in [0.1, 0.15) is 5.75 Å². The lowest BCUT2D eigenvalue weighted by molar-refractivity contribution is 0.101. The molecule has 0 saturated heterocycles. The highest BCUT2D eigenvalue weighted by molar-refractivity contribution is 6.06. The second-order valence-corrected chi connectivity index (χ2v) is 6.63. The van der Waals surface area contributed by atoms with Gasteiger partial charge in [-0.2, -0.15) is 0 Å². The first kappa shape index (κ1) is 22.5. The van der Waals surface area contributed by atoms with Crippen LogP contribution in [-0.4, -0.2) is 40.3 Å². The Morgan fingerprint density at radius 2 is 1.06 bits per heavy atom. The fourth-order valence-electron chi connectivity index (χ4n) is 3.00. The molecule has 3 aromatic rings. The molecule has 3 rings (SSSR count). The molecule has 3 aromatic carbocycles. The van der Waals surface area contributed by atoms with E-state index in [1.54, 1.807) is 67.8 Å². The fraction of sp³-hybridized carbons (Fsp3) is 0.167. The maximum absolute atomic E-state index is 12.7. The molecule has 0 saturated carbocycles. The minimum atomic E-state index is -0.348. The Balaban J connectivity index is 1.68. The van der Waals surface area contributed by atoms with Gasteiger partial charge >= 0.3 is 0 Å². The van der Waals surface area contributed by atoms with Crippen molar-refractivity contribution in [1.29, 1.82) is 0 Å². The van der Waals surface area contributed by atoms with Crippen LogP contribution in [0.5, 0.6) is 23.0 Å². The lowest BCUT2D eigenvalue weighted by Crippen LogP contribution is -2.13. The number of anilines is 2. The Morgan fingerprint density at radius 1 is 0.594 bits per heavy atom. The summed E-state index contributed by atoms with van der Waals surface area (Å²) in [6.45, 7) is 0. The van der Waals surface area contributed by atoms with Crippen LogP contribution in [-0.2, 0) is 0 Å². The van der Waals surface area contributed by atoms with E-state index < -0.39 is 0 Å². The lowest BCUT2D eigenvalue weighted by atomic mass is 10.1. The zero-order valence-electron chi connectivity index (χ0n) is 18.2. The van der Waals surface area contributed by atoms with Gasteiger partial charge in [0, 0.05) is 22.5 Å². The minimum absolute atomic E-state index is 0.248. The highest BCUT2D eigenvalue weighted by Gasteiger charge is 2.17. The van der Waals surface area contributed by atoms with E-state index in [0.29, 0.717) is 45.5 Å². The number of nitrogens with one attached hydrogen (secondary N) is 2. The molecule has 166 valence electrons. The quantitative estimate of drug-likeness (QED) is 0.549. The summed E-state index contributed by atoms with van der Waals surface area (Å²) in [7, 11) is 6.03. The molecule has 0 bridgehead atoms. The maximum atomic E-state index is 12.7. The first-order valence-corrected chi connectivity index (χ1v) is 9.66. The van der Waals surface area contributed by atoms with Crippen LogP contribution >= 0.6 is 0 Å². The molecule has 0 atom stereocenters. The van der Waals surface area contributed by atoms with Crippen molar-refractivity contribution in [3.8, 4) is 23.0 Å². The van der Waals surface area contributed by atoms with E-state index in [2.05, 4.69) is 10.6 Å². The predicted molar refractivity (Wildman–Crippen MR) is 121 cm³/mol. The van der Waals surface area contributed by atoms with Gasteiger partial charge in [0.05, 0.1) is 28.4 Å². The van der Waals surface area contributed by atoms with Crippen LogP contribution in [0, 0.1) is 0 Å². The molecule has 0 aliphatic rings. The van der Waals surface area contributed by atoms with Gasteiger partial charge in [-0.1, -0.05) is 0 Å². The summed E-state index contributed by atoms with van der Waals surface area (Å²) in [5.74, 6) is 1.25. The van der Waals surface area contributed by atoms with Crippen molar-refractivity contribution in [2.75, 3.05) is 39.1 Å². The summed E-state index contributed by atoms with van der Waals surface area (Å²) in [6.07, 6.45) is 0. The van der Waals surface area contributed by atoms with Gasteiger partial charge < -0.3 is 29.6 Å². The Kier molecular flexibility index (Phi) is 7.17. The average molecular weight is 436 g/mol. The van der Waals surface area contributed by atoms with Crippen LogP contribution in [0.25, 0.3) is 0 Å². The Bertz CT molecular complexity index is 1070. The number of rotatable bonds is 8. The summed E-state index contributed by atoms with van der Waals surface area (Å²) in [4.78, 5) is 25.1. The van der Waals surface area contributed by atoms with Gasteiger partial charge in [0.2, 0.25) is 5.75 Å². The molecule has 8 nitrogen and oxygen atoms in total. The van der Waals surface area contributed by atoms with Gasteiger partial charge in [0.15, 0.2) is 11.5 Å². The van der Waals surface area contributed by atoms with E-state index in [-0.39, 0.29) is 11.8 Å². The molecule has 2 amide bonds. The van der Waals surface area contributed by atoms with Crippen LogP contribution in [0.2, 0.25) is 0 Å². The Morgan fingerprint density at radius 3 is 1.47 bits per heavy atom. The molecular weight excluding hydrogens is 412 g/mol. The third-order valence-corrected chi connectivity index (χ3v) is 4.68. The lowest BCUT2D eigenvalue weighted by Gasteiger charge is -2.14. The average Bonchev–Trinajstić information content (AvgIpc) is 2.84. The van der Waals surface area contributed by atoms with Crippen molar-refractivity contribution >= 4 is 23.2 Å². The number of methoxy groups -OCH3 is 4. The maximum Gasteiger partial charge on any atom is 0.255 e. The van der Waals surface area contributed by atoms with E-state index in [9.17, 15) is 9.59 Å². The van der Waals surface area contributed by atoms with Crippen molar-refractivity contribution in [2.24, 2.45) is 0 Å². The molecule has 2 N–H and O–H groups in total. The molecule has 0 spiro atoms. The molecular formula is C24H24N2O6. The van der Waals surface area contributed by atoms with E-state index in [1.807, 2.05) is 0 Å². The van der Waals surface area contributed by atoms with Crippen LogP contribution in [0.4, 0.5) is 11.4 Å². The molecule has 0 aromatic heterocycles. The van der Waals surface area contributed by atoms with Crippen LogP contribution < -0.4 is 29.6 Å². The highest BCUT2D eigenvalue weighted by Crippen LogP contribution is 2.38. The molecule has 0 heterocycles.